The minimum atomic E-state index is -0.296. The van der Waals surface area contributed by atoms with E-state index in [1.165, 1.54) is 10.9 Å². The summed E-state index contributed by atoms with van der Waals surface area (Å²) >= 11 is 0. The largest absolute Gasteiger partial charge is 0.299 e. The van der Waals surface area contributed by atoms with E-state index in [-0.39, 0.29) is 16.9 Å². The molecule has 0 spiro atoms. The van der Waals surface area contributed by atoms with E-state index < -0.39 is 0 Å². The van der Waals surface area contributed by atoms with Crippen LogP contribution in [0.3, 0.4) is 0 Å². The summed E-state index contributed by atoms with van der Waals surface area (Å²) in [6.45, 7) is 1.89. The molecule has 88 valence electrons. The Labute approximate surface area is 98.1 Å². The van der Waals surface area contributed by atoms with Gasteiger partial charge in [0.2, 0.25) is 5.78 Å². The van der Waals surface area contributed by atoms with Crippen molar-refractivity contribution < 1.29 is 4.79 Å². The lowest BCUT2D eigenvalue weighted by Gasteiger charge is -1.98. The van der Waals surface area contributed by atoms with Gasteiger partial charge in [0.05, 0.1) is 0 Å². The average molecular weight is 231 g/mol. The van der Waals surface area contributed by atoms with Crippen LogP contribution in [0, 0.1) is 0 Å². The predicted octanol–water partition coefficient (Wildman–Crippen LogP) is 0.902. The zero-order valence-corrected chi connectivity index (χ0v) is 9.73. The number of carbonyl (C=O) groups excluding carboxylic acids is 1. The number of nitrogens with one attached hydrogen (secondary N) is 1. The van der Waals surface area contributed by atoms with Crippen molar-refractivity contribution >= 4 is 5.78 Å². The molecule has 5 heteroatoms. The molecule has 0 aromatic carbocycles. The van der Waals surface area contributed by atoms with Gasteiger partial charge in [-0.05, 0) is 18.6 Å². The first kappa shape index (κ1) is 11.3. The SMILES string of the molecule is CCc1[nH]n(C)c(=O)c1C(=O)c1cccnc1. The Bertz CT molecular complexity index is 596. The maximum absolute atomic E-state index is 12.2. The van der Waals surface area contributed by atoms with Crippen LogP contribution in [0.25, 0.3) is 0 Å². The quantitative estimate of drug-likeness (QED) is 0.798. The molecule has 2 rings (SSSR count). The fraction of sp³-hybridized carbons (Fsp3) is 0.250. The van der Waals surface area contributed by atoms with E-state index in [4.69, 9.17) is 0 Å². The molecular formula is C12H13N3O2. The summed E-state index contributed by atoms with van der Waals surface area (Å²) in [6.07, 6.45) is 3.67. The van der Waals surface area contributed by atoms with E-state index in [0.717, 1.165) is 0 Å². The molecule has 0 saturated heterocycles. The van der Waals surface area contributed by atoms with Crippen LogP contribution < -0.4 is 5.56 Å². The van der Waals surface area contributed by atoms with Gasteiger partial charge in [-0.25, -0.2) is 0 Å². The topological polar surface area (TPSA) is 67.8 Å². The number of aromatic amines is 1. The number of nitrogens with zero attached hydrogens (tertiary/aromatic N) is 2. The van der Waals surface area contributed by atoms with Crippen LogP contribution in [0.5, 0.6) is 0 Å². The second-order valence-electron chi connectivity index (χ2n) is 3.75. The predicted molar refractivity (Wildman–Crippen MR) is 63.1 cm³/mol. The van der Waals surface area contributed by atoms with Crippen LogP contribution in [0.2, 0.25) is 0 Å². The maximum Gasteiger partial charge on any atom is 0.277 e. The van der Waals surface area contributed by atoms with E-state index in [1.807, 2.05) is 6.92 Å². The molecule has 0 aliphatic carbocycles. The van der Waals surface area contributed by atoms with Gasteiger partial charge in [-0.1, -0.05) is 6.92 Å². The molecule has 0 unspecified atom stereocenters. The number of aryl methyl sites for hydroxylation is 2. The number of hydrogen-bond donors (Lipinski definition) is 1. The Balaban J connectivity index is 2.55. The summed E-state index contributed by atoms with van der Waals surface area (Å²) in [6, 6.07) is 3.33. The van der Waals surface area contributed by atoms with E-state index in [9.17, 15) is 9.59 Å². The fourth-order valence-electron chi connectivity index (χ4n) is 1.74. The molecule has 0 atom stereocenters. The van der Waals surface area contributed by atoms with Crippen molar-refractivity contribution in [3.8, 4) is 0 Å². The lowest BCUT2D eigenvalue weighted by atomic mass is 10.0. The molecule has 5 nitrogen and oxygen atoms in total. The fourth-order valence-corrected chi connectivity index (χ4v) is 1.74. The third-order valence-corrected chi connectivity index (χ3v) is 2.63. The smallest absolute Gasteiger partial charge is 0.277 e. The Morgan fingerprint density at radius 1 is 1.53 bits per heavy atom. The monoisotopic (exact) mass is 231 g/mol. The van der Waals surface area contributed by atoms with Gasteiger partial charge < -0.3 is 0 Å². The number of aromatic nitrogens is 3. The van der Waals surface area contributed by atoms with Crippen molar-refractivity contribution in [3.63, 3.8) is 0 Å². The highest BCUT2D eigenvalue weighted by Crippen LogP contribution is 2.09. The molecule has 0 bridgehead atoms. The second-order valence-corrected chi connectivity index (χ2v) is 3.75. The summed E-state index contributed by atoms with van der Waals surface area (Å²) in [5, 5.41) is 2.88. The molecular weight excluding hydrogens is 218 g/mol. The first-order chi connectivity index (χ1) is 8.15. The van der Waals surface area contributed by atoms with Crippen molar-refractivity contribution in [2.75, 3.05) is 0 Å². The van der Waals surface area contributed by atoms with Crippen LogP contribution in [-0.4, -0.2) is 20.5 Å². The Morgan fingerprint density at radius 2 is 2.29 bits per heavy atom. The number of H-pyrrole nitrogens is 1. The van der Waals surface area contributed by atoms with Crippen molar-refractivity contribution in [1.82, 2.24) is 14.8 Å². The highest BCUT2D eigenvalue weighted by molar-refractivity contribution is 6.09. The molecule has 0 radical (unpaired) electrons. The lowest BCUT2D eigenvalue weighted by Crippen LogP contribution is -2.19. The molecule has 0 aliphatic rings. The summed E-state index contributed by atoms with van der Waals surface area (Å²) < 4.78 is 1.32. The zero-order chi connectivity index (χ0) is 12.4. The molecule has 0 saturated carbocycles. The lowest BCUT2D eigenvalue weighted by molar-refractivity contribution is 0.103. The summed E-state index contributed by atoms with van der Waals surface area (Å²) in [7, 11) is 1.60. The second kappa shape index (κ2) is 4.37. The highest BCUT2D eigenvalue weighted by Gasteiger charge is 2.20. The van der Waals surface area contributed by atoms with E-state index in [0.29, 0.717) is 17.7 Å². The van der Waals surface area contributed by atoms with Crippen molar-refractivity contribution in [2.45, 2.75) is 13.3 Å². The third kappa shape index (κ3) is 1.91. The first-order valence-electron chi connectivity index (χ1n) is 5.37. The first-order valence-corrected chi connectivity index (χ1v) is 5.37. The number of pyridine rings is 1. The van der Waals surface area contributed by atoms with Gasteiger partial charge in [0.25, 0.3) is 5.56 Å². The minimum Gasteiger partial charge on any atom is -0.299 e. The van der Waals surface area contributed by atoms with Crippen LogP contribution in [0.1, 0.15) is 28.5 Å². The zero-order valence-electron chi connectivity index (χ0n) is 9.73. The third-order valence-electron chi connectivity index (χ3n) is 2.63. The molecule has 2 aromatic rings. The van der Waals surface area contributed by atoms with Gasteiger partial charge in [-0.2, -0.15) is 0 Å². The van der Waals surface area contributed by atoms with Crippen LogP contribution in [-0.2, 0) is 13.5 Å². The number of rotatable bonds is 3. The van der Waals surface area contributed by atoms with Crippen molar-refractivity contribution in [3.05, 3.63) is 51.7 Å². The molecule has 2 aromatic heterocycles. The number of ketones is 1. The Kier molecular flexibility index (Phi) is 2.91. The molecule has 17 heavy (non-hydrogen) atoms. The van der Waals surface area contributed by atoms with Gasteiger partial charge in [0.1, 0.15) is 5.56 Å². The molecule has 0 aliphatic heterocycles. The molecule has 2 heterocycles. The van der Waals surface area contributed by atoms with Crippen LogP contribution in [0.15, 0.2) is 29.3 Å². The highest BCUT2D eigenvalue weighted by atomic mass is 16.2. The van der Waals surface area contributed by atoms with Crippen molar-refractivity contribution in [1.29, 1.82) is 0 Å². The normalized spacial score (nSPS) is 10.5. The van der Waals surface area contributed by atoms with Crippen LogP contribution in [0.4, 0.5) is 0 Å². The molecule has 0 fully saturated rings. The number of hydrogen-bond acceptors (Lipinski definition) is 3. The van der Waals surface area contributed by atoms with Gasteiger partial charge in [-0.15, -0.1) is 0 Å². The van der Waals surface area contributed by atoms with Gasteiger partial charge in [0.15, 0.2) is 0 Å². The van der Waals surface area contributed by atoms with E-state index in [2.05, 4.69) is 10.1 Å². The Morgan fingerprint density at radius 3 is 2.88 bits per heavy atom. The Hall–Kier alpha value is -2.17. The summed E-state index contributed by atoms with van der Waals surface area (Å²) in [5.41, 5.74) is 1.00. The van der Waals surface area contributed by atoms with Gasteiger partial charge in [-0.3, -0.25) is 24.4 Å². The standard InChI is InChI=1S/C12H13N3O2/c1-3-9-10(12(17)15(2)14-9)11(16)8-5-4-6-13-7-8/h4-7,14H,3H2,1-2H3. The van der Waals surface area contributed by atoms with E-state index in [1.54, 1.807) is 25.4 Å². The van der Waals surface area contributed by atoms with Gasteiger partial charge >= 0.3 is 0 Å². The van der Waals surface area contributed by atoms with E-state index >= 15 is 0 Å². The minimum absolute atomic E-state index is 0.211. The van der Waals surface area contributed by atoms with Gasteiger partial charge in [0, 0.05) is 30.7 Å². The molecule has 1 N–H and O–H groups in total. The van der Waals surface area contributed by atoms with Crippen molar-refractivity contribution in [2.24, 2.45) is 7.05 Å². The van der Waals surface area contributed by atoms with Crippen LogP contribution >= 0.6 is 0 Å². The summed E-state index contributed by atoms with van der Waals surface area (Å²) in [4.78, 5) is 27.9. The average Bonchev–Trinajstić information content (AvgIpc) is 2.65. The summed E-state index contributed by atoms with van der Waals surface area (Å²) in [5.74, 6) is -0.281. The maximum atomic E-state index is 12.2. The molecule has 0 amide bonds. The number of carbonyl (C=O) groups is 1.